The molecule has 1 heterocycles. The van der Waals surface area contributed by atoms with Crippen molar-refractivity contribution in [1.82, 2.24) is 4.90 Å². The van der Waals surface area contributed by atoms with Crippen LogP contribution in [0.4, 0.5) is 0 Å². The number of carboxylic acid groups (broad SMARTS) is 1. The second kappa shape index (κ2) is 8.65. The molecule has 0 aliphatic carbocycles. The fourth-order valence-electron chi connectivity index (χ4n) is 2.84. The third-order valence-electron chi connectivity index (χ3n) is 4.82. The third-order valence-corrected chi connectivity index (χ3v) is 4.82. The van der Waals surface area contributed by atoms with Crippen molar-refractivity contribution in [3.8, 4) is 0 Å². The van der Waals surface area contributed by atoms with Crippen LogP contribution >= 0.6 is 0 Å². The van der Waals surface area contributed by atoms with Gasteiger partial charge >= 0.3 is 5.97 Å². The molecule has 1 aliphatic rings. The minimum atomic E-state index is -0.920. The number of nitrogens with zero attached hydrogens (tertiary/aromatic N) is 1. The Kier molecular flexibility index (Phi) is 6.57. The van der Waals surface area contributed by atoms with Crippen LogP contribution in [0.5, 0.6) is 0 Å². The molecule has 4 heteroatoms. The second-order valence-corrected chi connectivity index (χ2v) is 6.90. The van der Waals surface area contributed by atoms with E-state index < -0.39 is 5.97 Å². The Morgan fingerprint density at radius 1 is 1.32 bits per heavy atom. The Labute approximate surface area is 149 Å². The highest BCUT2D eigenvalue weighted by Gasteiger charge is 2.28. The number of carbonyl (C=O) groups excluding carboxylic acids is 1. The van der Waals surface area contributed by atoms with E-state index in [9.17, 15) is 9.59 Å². The number of hydrogen-bond donors (Lipinski definition) is 1. The normalized spacial score (nSPS) is 18.6. The molecule has 0 saturated carbocycles. The highest BCUT2D eigenvalue weighted by Crippen LogP contribution is 2.21. The van der Waals surface area contributed by atoms with Gasteiger partial charge in [0.25, 0.3) is 0 Å². The standard InChI is InChI=1S/C21H27NO3/c1-15(2)16(3)5-4-6-19-11-12-20(23)22(19)14-13-17-7-9-18(10-8-17)21(24)25/h4-10,15,19H,11-14H2,1-3H3,(H,24,25)/b6-4+,16-5+/t19-/m0/s1. The molecule has 1 N–H and O–H groups in total. The number of aromatic carboxylic acids is 1. The molecule has 1 atom stereocenters. The van der Waals surface area contributed by atoms with Gasteiger partial charge in [-0.05, 0) is 43.4 Å². The zero-order chi connectivity index (χ0) is 18.4. The van der Waals surface area contributed by atoms with E-state index in [1.54, 1.807) is 12.1 Å². The first kappa shape index (κ1) is 19.0. The smallest absolute Gasteiger partial charge is 0.335 e. The van der Waals surface area contributed by atoms with Gasteiger partial charge in [-0.25, -0.2) is 4.79 Å². The molecule has 1 amide bonds. The van der Waals surface area contributed by atoms with Gasteiger partial charge in [0.15, 0.2) is 0 Å². The van der Waals surface area contributed by atoms with E-state index in [0.29, 0.717) is 18.9 Å². The molecule has 1 aromatic rings. The van der Waals surface area contributed by atoms with E-state index in [4.69, 9.17) is 5.11 Å². The highest BCUT2D eigenvalue weighted by atomic mass is 16.4. The summed E-state index contributed by atoms with van der Waals surface area (Å²) in [6.07, 6.45) is 8.49. The zero-order valence-corrected chi connectivity index (χ0v) is 15.2. The minimum absolute atomic E-state index is 0.155. The molecule has 1 saturated heterocycles. The number of carboxylic acids is 1. The summed E-state index contributed by atoms with van der Waals surface area (Å²) >= 11 is 0. The van der Waals surface area contributed by atoms with Gasteiger partial charge in [0, 0.05) is 13.0 Å². The number of carbonyl (C=O) groups is 2. The molecule has 0 bridgehead atoms. The second-order valence-electron chi connectivity index (χ2n) is 6.90. The molecule has 134 valence electrons. The van der Waals surface area contributed by atoms with Gasteiger partial charge < -0.3 is 10.0 Å². The summed E-state index contributed by atoms with van der Waals surface area (Å²) in [4.78, 5) is 25.0. The Bertz CT molecular complexity index is 671. The Balaban J connectivity index is 1.96. The number of hydrogen-bond acceptors (Lipinski definition) is 2. The molecule has 1 fully saturated rings. The Hall–Kier alpha value is -2.36. The number of likely N-dealkylation sites (tertiary alicyclic amines) is 1. The van der Waals surface area contributed by atoms with Crippen LogP contribution in [0.15, 0.2) is 48.1 Å². The summed E-state index contributed by atoms with van der Waals surface area (Å²) in [5, 5.41) is 8.94. The SMILES string of the molecule is C/C(=C\C=C\[C@H]1CCC(=O)N1CCc1ccc(C(=O)O)cc1)C(C)C. The van der Waals surface area contributed by atoms with Crippen LogP contribution in [0.3, 0.4) is 0 Å². The Morgan fingerprint density at radius 3 is 2.60 bits per heavy atom. The van der Waals surface area contributed by atoms with Crippen molar-refractivity contribution >= 4 is 11.9 Å². The lowest BCUT2D eigenvalue weighted by atomic mass is 10.0. The molecule has 1 aliphatic heterocycles. The average Bonchev–Trinajstić information content (AvgIpc) is 2.93. The first-order valence-electron chi connectivity index (χ1n) is 8.85. The number of allylic oxidation sites excluding steroid dienone is 3. The average molecular weight is 341 g/mol. The summed E-state index contributed by atoms with van der Waals surface area (Å²) in [7, 11) is 0. The Morgan fingerprint density at radius 2 is 2.00 bits per heavy atom. The summed E-state index contributed by atoms with van der Waals surface area (Å²) in [5.41, 5.74) is 2.66. The first-order valence-corrected chi connectivity index (χ1v) is 8.85. The molecule has 0 radical (unpaired) electrons. The predicted molar refractivity (Wildman–Crippen MR) is 99.6 cm³/mol. The van der Waals surface area contributed by atoms with Crippen molar-refractivity contribution in [2.75, 3.05) is 6.54 Å². The van der Waals surface area contributed by atoms with Crippen LogP contribution in [-0.4, -0.2) is 34.5 Å². The first-order chi connectivity index (χ1) is 11.9. The minimum Gasteiger partial charge on any atom is -0.478 e. The topological polar surface area (TPSA) is 57.6 Å². The number of rotatable bonds is 7. The maximum absolute atomic E-state index is 12.2. The molecule has 0 unspecified atom stereocenters. The van der Waals surface area contributed by atoms with E-state index in [-0.39, 0.29) is 17.5 Å². The lowest BCUT2D eigenvalue weighted by Crippen LogP contribution is -2.33. The van der Waals surface area contributed by atoms with Crippen molar-refractivity contribution in [1.29, 1.82) is 0 Å². The van der Waals surface area contributed by atoms with Gasteiger partial charge in [-0.1, -0.05) is 49.8 Å². The fraction of sp³-hybridized carbons (Fsp3) is 0.429. The van der Waals surface area contributed by atoms with Gasteiger partial charge in [0.05, 0.1) is 11.6 Å². The highest BCUT2D eigenvalue weighted by molar-refractivity contribution is 5.87. The molecule has 1 aromatic carbocycles. The third kappa shape index (κ3) is 5.31. The van der Waals surface area contributed by atoms with E-state index in [2.05, 4.69) is 39.0 Å². The van der Waals surface area contributed by atoms with Crippen LogP contribution in [0.1, 0.15) is 49.5 Å². The van der Waals surface area contributed by atoms with Crippen molar-refractivity contribution in [2.24, 2.45) is 5.92 Å². The summed E-state index contributed by atoms with van der Waals surface area (Å²) < 4.78 is 0. The van der Waals surface area contributed by atoms with Crippen molar-refractivity contribution in [2.45, 2.75) is 46.1 Å². The summed E-state index contributed by atoms with van der Waals surface area (Å²) in [6, 6.07) is 7.02. The van der Waals surface area contributed by atoms with Gasteiger partial charge in [-0.15, -0.1) is 0 Å². The molecule has 0 spiro atoms. The fourth-order valence-corrected chi connectivity index (χ4v) is 2.84. The van der Waals surface area contributed by atoms with Crippen LogP contribution in [0.25, 0.3) is 0 Å². The maximum Gasteiger partial charge on any atom is 0.335 e. The molecule has 25 heavy (non-hydrogen) atoms. The quantitative estimate of drug-likeness (QED) is 0.760. The monoisotopic (exact) mass is 341 g/mol. The van der Waals surface area contributed by atoms with Crippen LogP contribution in [-0.2, 0) is 11.2 Å². The molecular formula is C21H27NO3. The molecule has 4 nitrogen and oxygen atoms in total. The van der Waals surface area contributed by atoms with E-state index >= 15 is 0 Å². The largest absolute Gasteiger partial charge is 0.478 e. The molecule has 2 rings (SSSR count). The van der Waals surface area contributed by atoms with E-state index in [1.807, 2.05) is 17.0 Å². The molecule has 0 aromatic heterocycles. The van der Waals surface area contributed by atoms with E-state index in [0.717, 1.165) is 18.4 Å². The summed E-state index contributed by atoms with van der Waals surface area (Å²) in [6.45, 7) is 7.11. The lowest BCUT2D eigenvalue weighted by molar-refractivity contribution is -0.128. The van der Waals surface area contributed by atoms with Crippen molar-refractivity contribution < 1.29 is 14.7 Å². The van der Waals surface area contributed by atoms with Gasteiger partial charge in [0.2, 0.25) is 5.91 Å². The number of amides is 1. The number of benzene rings is 1. The van der Waals surface area contributed by atoms with Crippen LogP contribution in [0, 0.1) is 5.92 Å². The van der Waals surface area contributed by atoms with E-state index in [1.165, 1.54) is 5.57 Å². The van der Waals surface area contributed by atoms with Crippen LogP contribution in [0.2, 0.25) is 0 Å². The van der Waals surface area contributed by atoms with Gasteiger partial charge in [-0.2, -0.15) is 0 Å². The van der Waals surface area contributed by atoms with Gasteiger partial charge in [-0.3, -0.25) is 4.79 Å². The maximum atomic E-state index is 12.2. The predicted octanol–water partition coefficient (Wildman–Crippen LogP) is 4.08. The van der Waals surface area contributed by atoms with Gasteiger partial charge in [0.1, 0.15) is 0 Å². The van der Waals surface area contributed by atoms with Crippen LogP contribution < -0.4 is 0 Å². The van der Waals surface area contributed by atoms with Crippen molar-refractivity contribution in [3.05, 3.63) is 59.2 Å². The van der Waals surface area contributed by atoms with Crippen molar-refractivity contribution in [3.63, 3.8) is 0 Å². The summed E-state index contributed by atoms with van der Waals surface area (Å²) in [5.74, 6) is -0.197. The molecular weight excluding hydrogens is 314 g/mol. The zero-order valence-electron chi connectivity index (χ0n) is 15.2. The lowest BCUT2D eigenvalue weighted by Gasteiger charge is -2.22.